The second-order valence-corrected chi connectivity index (χ2v) is 2.74. The Bertz CT molecular complexity index is 414. The maximum atomic E-state index is 10.6. The molecular formula is C8H8N2O4. The number of carboxylic acids is 1. The lowest BCUT2D eigenvalue weighted by molar-refractivity contribution is -0.385. The highest BCUT2D eigenvalue weighted by Crippen LogP contribution is 2.27. The van der Waals surface area contributed by atoms with Crippen LogP contribution in [0.25, 0.3) is 0 Å². The first-order chi connectivity index (χ1) is 6.45. The van der Waals surface area contributed by atoms with E-state index in [4.69, 9.17) is 10.8 Å². The quantitative estimate of drug-likeness (QED) is 0.419. The van der Waals surface area contributed by atoms with Gasteiger partial charge in [-0.3, -0.25) is 10.1 Å². The van der Waals surface area contributed by atoms with E-state index in [9.17, 15) is 14.9 Å². The van der Waals surface area contributed by atoms with Crippen LogP contribution in [0.15, 0.2) is 12.1 Å². The SMILES string of the molecule is Cc1c(N)ccc(C(=O)O)c1[N+](=O)[O-]. The fourth-order valence-corrected chi connectivity index (χ4v) is 1.12. The number of benzene rings is 1. The molecule has 0 atom stereocenters. The summed E-state index contributed by atoms with van der Waals surface area (Å²) in [7, 11) is 0. The Balaban J connectivity index is 3.53. The molecule has 0 unspecified atom stereocenters. The van der Waals surface area contributed by atoms with Gasteiger partial charge in [-0.25, -0.2) is 4.79 Å². The second-order valence-electron chi connectivity index (χ2n) is 2.74. The molecule has 3 N–H and O–H groups in total. The number of anilines is 1. The van der Waals surface area contributed by atoms with E-state index >= 15 is 0 Å². The molecule has 0 aromatic heterocycles. The lowest BCUT2D eigenvalue weighted by Gasteiger charge is -2.03. The minimum atomic E-state index is -1.33. The molecule has 0 saturated heterocycles. The molecule has 1 aromatic carbocycles. The first-order valence-corrected chi connectivity index (χ1v) is 3.72. The molecule has 0 bridgehead atoms. The van der Waals surface area contributed by atoms with Gasteiger partial charge in [-0.15, -0.1) is 0 Å². The number of carbonyl (C=O) groups is 1. The fourth-order valence-electron chi connectivity index (χ4n) is 1.12. The number of hydrogen-bond donors (Lipinski definition) is 2. The van der Waals surface area contributed by atoms with Crippen molar-refractivity contribution < 1.29 is 14.8 Å². The van der Waals surface area contributed by atoms with Crippen LogP contribution in [-0.4, -0.2) is 16.0 Å². The number of carboxylic acid groups (broad SMARTS) is 1. The molecule has 0 spiro atoms. The smallest absolute Gasteiger partial charge is 0.342 e. The Labute approximate surface area is 79.1 Å². The van der Waals surface area contributed by atoms with Crippen LogP contribution in [0.2, 0.25) is 0 Å². The summed E-state index contributed by atoms with van der Waals surface area (Å²) < 4.78 is 0. The molecule has 0 heterocycles. The van der Waals surface area contributed by atoms with Crippen LogP contribution in [0.5, 0.6) is 0 Å². The molecule has 0 aliphatic heterocycles. The van der Waals surface area contributed by atoms with E-state index in [0.717, 1.165) is 6.07 Å². The van der Waals surface area contributed by atoms with E-state index in [-0.39, 0.29) is 16.8 Å². The van der Waals surface area contributed by atoms with Gasteiger partial charge in [-0.05, 0) is 19.1 Å². The maximum absolute atomic E-state index is 10.6. The molecule has 1 aromatic rings. The molecule has 0 amide bonds. The predicted molar refractivity (Wildman–Crippen MR) is 49.2 cm³/mol. The number of nitrogens with zero attached hydrogens (tertiary/aromatic N) is 1. The van der Waals surface area contributed by atoms with Crippen molar-refractivity contribution in [3.8, 4) is 0 Å². The number of nitrogens with two attached hydrogens (primary N) is 1. The monoisotopic (exact) mass is 196 g/mol. The summed E-state index contributed by atoms with van der Waals surface area (Å²) in [6.07, 6.45) is 0. The van der Waals surface area contributed by atoms with E-state index in [2.05, 4.69) is 0 Å². The van der Waals surface area contributed by atoms with Crippen LogP contribution in [-0.2, 0) is 0 Å². The summed E-state index contributed by atoms with van der Waals surface area (Å²) in [6.45, 7) is 1.42. The molecule has 74 valence electrons. The van der Waals surface area contributed by atoms with Crippen molar-refractivity contribution >= 4 is 17.3 Å². The van der Waals surface area contributed by atoms with E-state index in [1.54, 1.807) is 0 Å². The highest BCUT2D eigenvalue weighted by atomic mass is 16.6. The van der Waals surface area contributed by atoms with Gasteiger partial charge in [0.15, 0.2) is 0 Å². The van der Waals surface area contributed by atoms with E-state index in [1.807, 2.05) is 0 Å². The molecular weight excluding hydrogens is 188 g/mol. The Kier molecular flexibility index (Phi) is 2.37. The van der Waals surface area contributed by atoms with Crippen molar-refractivity contribution in [1.82, 2.24) is 0 Å². The van der Waals surface area contributed by atoms with Crippen molar-refractivity contribution in [3.63, 3.8) is 0 Å². The number of rotatable bonds is 2. The van der Waals surface area contributed by atoms with Gasteiger partial charge >= 0.3 is 5.97 Å². The summed E-state index contributed by atoms with van der Waals surface area (Å²) in [4.78, 5) is 20.5. The third-order valence-corrected chi connectivity index (χ3v) is 1.89. The Hall–Kier alpha value is -2.11. The van der Waals surface area contributed by atoms with E-state index in [0.29, 0.717) is 0 Å². The normalized spacial score (nSPS) is 9.79. The van der Waals surface area contributed by atoms with Crippen LogP contribution < -0.4 is 5.73 Å². The summed E-state index contributed by atoms with van der Waals surface area (Å²) in [5.41, 5.74) is 5.02. The lowest BCUT2D eigenvalue weighted by Crippen LogP contribution is -2.06. The van der Waals surface area contributed by atoms with Crippen LogP contribution in [0.3, 0.4) is 0 Å². The Morgan fingerprint density at radius 3 is 2.57 bits per heavy atom. The summed E-state index contributed by atoms with van der Waals surface area (Å²) in [5, 5.41) is 19.3. The standard InChI is InChI=1S/C8H8N2O4/c1-4-6(9)3-2-5(8(11)12)7(4)10(13)14/h2-3H,9H2,1H3,(H,11,12). The number of nitro benzene ring substituents is 1. The molecule has 14 heavy (non-hydrogen) atoms. The van der Waals surface area contributed by atoms with Gasteiger partial charge < -0.3 is 10.8 Å². The molecule has 0 saturated carbocycles. The number of aromatic carboxylic acids is 1. The van der Waals surface area contributed by atoms with Gasteiger partial charge in [0, 0.05) is 5.69 Å². The van der Waals surface area contributed by atoms with E-state index < -0.39 is 16.6 Å². The molecule has 0 fully saturated rings. The fraction of sp³-hybridized carbons (Fsp3) is 0.125. The highest BCUT2D eigenvalue weighted by molar-refractivity contribution is 5.94. The molecule has 6 nitrogen and oxygen atoms in total. The van der Waals surface area contributed by atoms with Crippen LogP contribution in [0, 0.1) is 17.0 Å². The zero-order valence-electron chi connectivity index (χ0n) is 7.35. The largest absolute Gasteiger partial charge is 0.477 e. The molecule has 1 rings (SSSR count). The summed E-state index contributed by atoms with van der Waals surface area (Å²) in [5.74, 6) is -1.33. The van der Waals surface area contributed by atoms with Crippen molar-refractivity contribution in [2.75, 3.05) is 5.73 Å². The first-order valence-electron chi connectivity index (χ1n) is 3.72. The van der Waals surface area contributed by atoms with Gasteiger partial charge in [-0.1, -0.05) is 0 Å². The number of nitro groups is 1. The number of nitrogen functional groups attached to an aromatic ring is 1. The zero-order valence-corrected chi connectivity index (χ0v) is 7.35. The lowest BCUT2D eigenvalue weighted by atomic mass is 10.1. The highest BCUT2D eigenvalue weighted by Gasteiger charge is 2.23. The van der Waals surface area contributed by atoms with Gasteiger partial charge in [0.2, 0.25) is 0 Å². The third-order valence-electron chi connectivity index (χ3n) is 1.89. The average Bonchev–Trinajstić information content (AvgIpc) is 2.08. The minimum absolute atomic E-state index is 0.176. The maximum Gasteiger partial charge on any atom is 0.342 e. The molecule has 0 radical (unpaired) electrons. The second kappa shape index (κ2) is 3.33. The van der Waals surface area contributed by atoms with Gasteiger partial charge in [0.1, 0.15) is 5.56 Å². The third kappa shape index (κ3) is 1.49. The Morgan fingerprint density at radius 1 is 1.57 bits per heavy atom. The molecule has 0 aliphatic rings. The Morgan fingerprint density at radius 2 is 2.14 bits per heavy atom. The zero-order chi connectivity index (χ0) is 10.9. The van der Waals surface area contributed by atoms with Gasteiger partial charge in [0.25, 0.3) is 5.69 Å². The molecule has 6 heteroatoms. The van der Waals surface area contributed by atoms with Crippen molar-refractivity contribution in [3.05, 3.63) is 33.4 Å². The predicted octanol–water partition coefficient (Wildman–Crippen LogP) is 1.18. The summed E-state index contributed by atoms with van der Waals surface area (Å²) >= 11 is 0. The number of hydrogen-bond acceptors (Lipinski definition) is 4. The van der Waals surface area contributed by atoms with Gasteiger partial charge in [-0.2, -0.15) is 0 Å². The van der Waals surface area contributed by atoms with E-state index in [1.165, 1.54) is 13.0 Å². The van der Waals surface area contributed by atoms with Crippen molar-refractivity contribution in [2.24, 2.45) is 0 Å². The van der Waals surface area contributed by atoms with Crippen LogP contribution in [0.1, 0.15) is 15.9 Å². The molecule has 0 aliphatic carbocycles. The van der Waals surface area contributed by atoms with Gasteiger partial charge in [0.05, 0.1) is 10.5 Å². The van der Waals surface area contributed by atoms with Crippen LogP contribution in [0.4, 0.5) is 11.4 Å². The summed E-state index contributed by atoms with van der Waals surface area (Å²) in [6, 6.07) is 2.47. The van der Waals surface area contributed by atoms with Crippen molar-refractivity contribution in [1.29, 1.82) is 0 Å². The first kappa shape index (κ1) is 9.97. The van der Waals surface area contributed by atoms with Crippen molar-refractivity contribution in [2.45, 2.75) is 6.92 Å². The topological polar surface area (TPSA) is 106 Å². The van der Waals surface area contributed by atoms with Crippen LogP contribution >= 0.6 is 0 Å². The minimum Gasteiger partial charge on any atom is -0.477 e. The average molecular weight is 196 g/mol.